The molecule has 1 rings (SSSR count). The Kier molecular flexibility index (Phi) is 5.97. The molecule has 3 heteroatoms. The Morgan fingerprint density at radius 1 is 1.19 bits per heavy atom. The molecule has 1 amide bonds. The van der Waals surface area contributed by atoms with Gasteiger partial charge in [-0.15, -0.1) is 0 Å². The Morgan fingerprint density at radius 3 is 2.14 bits per heavy atom. The molecule has 0 saturated heterocycles. The van der Waals surface area contributed by atoms with E-state index < -0.39 is 0 Å². The van der Waals surface area contributed by atoms with E-state index in [0.717, 1.165) is 5.56 Å². The summed E-state index contributed by atoms with van der Waals surface area (Å²) in [6, 6.07) is 8.43. The first-order valence-corrected chi connectivity index (χ1v) is 7.70. The minimum absolute atomic E-state index is 0.0665. The minimum Gasteiger partial charge on any atom is -0.341 e. The van der Waals surface area contributed by atoms with Gasteiger partial charge in [0.15, 0.2) is 0 Å². The lowest BCUT2D eigenvalue weighted by Crippen LogP contribution is -2.35. The van der Waals surface area contributed by atoms with Crippen molar-refractivity contribution in [3.8, 4) is 0 Å². The summed E-state index contributed by atoms with van der Waals surface area (Å²) < 4.78 is 0. The van der Waals surface area contributed by atoms with Crippen LogP contribution in [0.4, 0.5) is 0 Å². The van der Waals surface area contributed by atoms with Crippen LogP contribution >= 0.6 is 0 Å². The van der Waals surface area contributed by atoms with Crippen LogP contribution in [-0.4, -0.2) is 23.9 Å². The van der Waals surface area contributed by atoms with Gasteiger partial charge in [0, 0.05) is 26.1 Å². The van der Waals surface area contributed by atoms with E-state index in [1.54, 1.807) is 4.90 Å². The molecule has 0 aliphatic carbocycles. The smallest absolute Gasteiger partial charge is 0.224 e. The number of carbonyl (C=O) groups excluding carboxylic acids is 1. The predicted molar refractivity (Wildman–Crippen MR) is 89.0 cm³/mol. The van der Waals surface area contributed by atoms with Crippen LogP contribution in [-0.2, 0) is 16.8 Å². The van der Waals surface area contributed by atoms with Gasteiger partial charge in [0.2, 0.25) is 5.91 Å². The van der Waals surface area contributed by atoms with E-state index in [9.17, 15) is 4.79 Å². The second-order valence-corrected chi connectivity index (χ2v) is 7.31. The molecule has 0 heterocycles. The topological polar surface area (TPSA) is 46.3 Å². The van der Waals surface area contributed by atoms with Gasteiger partial charge >= 0.3 is 0 Å². The van der Waals surface area contributed by atoms with Crippen molar-refractivity contribution in [1.82, 2.24) is 4.90 Å². The van der Waals surface area contributed by atoms with Gasteiger partial charge in [0.05, 0.1) is 0 Å². The van der Waals surface area contributed by atoms with Crippen molar-refractivity contribution in [1.29, 1.82) is 0 Å². The predicted octanol–water partition coefficient (Wildman–Crippen LogP) is 3.32. The first-order valence-electron chi connectivity index (χ1n) is 7.70. The van der Waals surface area contributed by atoms with Crippen LogP contribution in [0.2, 0.25) is 0 Å². The number of amides is 1. The van der Waals surface area contributed by atoms with Gasteiger partial charge in [-0.3, -0.25) is 4.79 Å². The SMILES string of the molecule is CC(C)C(N)CC(=O)N(C)Cc1ccc(C(C)(C)C)cc1. The molecule has 1 atom stereocenters. The van der Waals surface area contributed by atoms with Crippen molar-refractivity contribution in [3.63, 3.8) is 0 Å². The molecule has 1 aromatic carbocycles. The van der Waals surface area contributed by atoms with E-state index in [-0.39, 0.29) is 17.4 Å². The summed E-state index contributed by atoms with van der Waals surface area (Å²) in [7, 11) is 1.84. The van der Waals surface area contributed by atoms with Gasteiger partial charge in [0.1, 0.15) is 0 Å². The first kappa shape index (κ1) is 17.7. The van der Waals surface area contributed by atoms with Gasteiger partial charge in [-0.2, -0.15) is 0 Å². The van der Waals surface area contributed by atoms with Crippen LogP contribution in [0.1, 0.15) is 52.2 Å². The standard InChI is InChI=1S/C18H30N2O/c1-13(2)16(19)11-17(21)20(6)12-14-7-9-15(10-8-14)18(3,4)5/h7-10,13,16H,11-12,19H2,1-6H3. The molecule has 21 heavy (non-hydrogen) atoms. The first-order chi connectivity index (χ1) is 9.61. The monoisotopic (exact) mass is 290 g/mol. The second kappa shape index (κ2) is 7.08. The van der Waals surface area contributed by atoms with E-state index in [1.807, 2.05) is 20.9 Å². The Bertz CT molecular complexity index is 457. The third-order valence-electron chi connectivity index (χ3n) is 3.93. The molecule has 1 unspecified atom stereocenters. The molecule has 1 aromatic rings. The van der Waals surface area contributed by atoms with E-state index >= 15 is 0 Å². The summed E-state index contributed by atoms with van der Waals surface area (Å²) >= 11 is 0. The summed E-state index contributed by atoms with van der Waals surface area (Å²) in [5, 5.41) is 0. The zero-order valence-corrected chi connectivity index (χ0v) is 14.3. The molecule has 3 nitrogen and oxygen atoms in total. The zero-order valence-electron chi connectivity index (χ0n) is 14.3. The largest absolute Gasteiger partial charge is 0.341 e. The summed E-state index contributed by atoms with van der Waals surface area (Å²) in [4.78, 5) is 13.9. The molecule has 0 radical (unpaired) electrons. The van der Waals surface area contributed by atoms with Crippen molar-refractivity contribution in [3.05, 3.63) is 35.4 Å². The number of hydrogen-bond acceptors (Lipinski definition) is 2. The average molecular weight is 290 g/mol. The molecular formula is C18H30N2O. The summed E-state index contributed by atoms with van der Waals surface area (Å²) in [6.07, 6.45) is 0.411. The van der Waals surface area contributed by atoms with Gasteiger partial charge in [-0.25, -0.2) is 0 Å². The van der Waals surface area contributed by atoms with Crippen molar-refractivity contribution in [2.24, 2.45) is 11.7 Å². The number of benzene rings is 1. The molecule has 0 fully saturated rings. The third-order valence-corrected chi connectivity index (χ3v) is 3.93. The highest BCUT2D eigenvalue weighted by atomic mass is 16.2. The third kappa shape index (κ3) is 5.50. The Hall–Kier alpha value is -1.35. The Labute approximate surface area is 129 Å². The Balaban J connectivity index is 2.62. The fourth-order valence-corrected chi connectivity index (χ4v) is 2.07. The highest BCUT2D eigenvalue weighted by molar-refractivity contribution is 5.76. The lowest BCUT2D eigenvalue weighted by atomic mass is 9.87. The van der Waals surface area contributed by atoms with Crippen LogP contribution in [0, 0.1) is 5.92 Å². The molecule has 2 N–H and O–H groups in total. The van der Waals surface area contributed by atoms with Crippen LogP contribution in [0.3, 0.4) is 0 Å². The van der Waals surface area contributed by atoms with Crippen molar-refractivity contribution < 1.29 is 4.79 Å². The van der Waals surface area contributed by atoms with Crippen LogP contribution < -0.4 is 5.73 Å². The maximum atomic E-state index is 12.1. The fraction of sp³-hybridized carbons (Fsp3) is 0.611. The van der Waals surface area contributed by atoms with Crippen molar-refractivity contribution in [2.45, 2.75) is 59.0 Å². The number of rotatable bonds is 5. The molecule has 0 aromatic heterocycles. The molecule has 0 aliphatic rings. The minimum atomic E-state index is -0.0665. The van der Waals surface area contributed by atoms with Crippen LogP contribution in [0.5, 0.6) is 0 Å². The lowest BCUT2D eigenvalue weighted by molar-refractivity contribution is -0.131. The molecule has 0 aliphatic heterocycles. The second-order valence-electron chi connectivity index (χ2n) is 7.31. The maximum Gasteiger partial charge on any atom is 0.224 e. The van der Waals surface area contributed by atoms with Gasteiger partial charge in [0.25, 0.3) is 0 Å². The molecule has 0 spiro atoms. The summed E-state index contributed by atoms with van der Waals surface area (Å²) in [5.74, 6) is 0.435. The molecule has 118 valence electrons. The Morgan fingerprint density at radius 2 is 1.71 bits per heavy atom. The van der Waals surface area contributed by atoms with E-state index in [1.165, 1.54) is 5.56 Å². The number of hydrogen-bond donors (Lipinski definition) is 1. The lowest BCUT2D eigenvalue weighted by Gasteiger charge is -2.22. The molecular weight excluding hydrogens is 260 g/mol. The number of nitrogens with zero attached hydrogens (tertiary/aromatic N) is 1. The summed E-state index contributed by atoms with van der Waals surface area (Å²) in [6.45, 7) is 11.3. The molecule has 0 saturated carbocycles. The molecule has 0 bridgehead atoms. The van der Waals surface area contributed by atoms with E-state index in [0.29, 0.717) is 18.9 Å². The highest BCUT2D eigenvalue weighted by Crippen LogP contribution is 2.22. The fourth-order valence-electron chi connectivity index (χ4n) is 2.07. The van der Waals surface area contributed by atoms with Crippen molar-refractivity contribution in [2.75, 3.05) is 7.05 Å². The van der Waals surface area contributed by atoms with Crippen LogP contribution in [0.15, 0.2) is 24.3 Å². The number of carbonyl (C=O) groups is 1. The maximum absolute atomic E-state index is 12.1. The average Bonchev–Trinajstić information content (AvgIpc) is 2.37. The van der Waals surface area contributed by atoms with Crippen LogP contribution in [0.25, 0.3) is 0 Å². The van der Waals surface area contributed by atoms with Gasteiger partial charge < -0.3 is 10.6 Å². The van der Waals surface area contributed by atoms with E-state index in [2.05, 4.69) is 45.0 Å². The number of nitrogens with two attached hydrogens (primary N) is 1. The van der Waals surface area contributed by atoms with Gasteiger partial charge in [-0.1, -0.05) is 58.9 Å². The van der Waals surface area contributed by atoms with Crippen molar-refractivity contribution >= 4 is 5.91 Å². The normalized spacial score (nSPS) is 13.3. The van der Waals surface area contributed by atoms with Gasteiger partial charge in [-0.05, 0) is 22.5 Å². The highest BCUT2D eigenvalue weighted by Gasteiger charge is 2.17. The quantitative estimate of drug-likeness (QED) is 0.904. The summed E-state index contributed by atoms with van der Waals surface area (Å²) in [5.41, 5.74) is 8.58. The van der Waals surface area contributed by atoms with E-state index in [4.69, 9.17) is 5.73 Å². The zero-order chi connectivity index (χ0) is 16.2.